The maximum Gasteiger partial charge on any atom is 0.220 e. The SMILES string of the molecule is CO[C@@H]1Cc2ccccc2[C@@H]1Oc1cc(O[C@@H]2C[C@H](C)[C@@H](O)C2)ncn1. The van der Waals surface area contributed by atoms with Crippen LogP contribution in [0.15, 0.2) is 36.7 Å². The van der Waals surface area contributed by atoms with Gasteiger partial charge >= 0.3 is 0 Å². The van der Waals surface area contributed by atoms with Crippen LogP contribution in [-0.2, 0) is 11.2 Å². The predicted molar refractivity (Wildman–Crippen MR) is 95.2 cm³/mol. The van der Waals surface area contributed by atoms with E-state index in [0.29, 0.717) is 18.2 Å². The highest BCUT2D eigenvalue weighted by Crippen LogP contribution is 2.37. The van der Waals surface area contributed by atoms with Crippen LogP contribution >= 0.6 is 0 Å². The molecule has 138 valence electrons. The summed E-state index contributed by atoms with van der Waals surface area (Å²) in [6, 6.07) is 9.92. The lowest BCUT2D eigenvalue weighted by Gasteiger charge is -2.20. The summed E-state index contributed by atoms with van der Waals surface area (Å²) in [5.74, 6) is 1.18. The summed E-state index contributed by atoms with van der Waals surface area (Å²) in [6.07, 6.45) is 3.14. The van der Waals surface area contributed by atoms with Gasteiger partial charge in [0.05, 0.1) is 12.2 Å². The molecule has 26 heavy (non-hydrogen) atoms. The summed E-state index contributed by atoms with van der Waals surface area (Å²) in [5, 5.41) is 9.89. The van der Waals surface area contributed by atoms with E-state index in [0.717, 1.165) is 18.4 Å². The lowest BCUT2D eigenvalue weighted by molar-refractivity contribution is 0.0107. The molecule has 6 nitrogen and oxygen atoms in total. The van der Waals surface area contributed by atoms with Crippen molar-refractivity contribution < 1.29 is 19.3 Å². The van der Waals surface area contributed by atoms with Crippen molar-refractivity contribution in [2.24, 2.45) is 5.92 Å². The number of fused-ring (bicyclic) bond motifs is 1. The Balaban J connectivity index is 1.49. The minimum Gasteiger partial charge on any atom is -0.474 e. The average Bonchev–Trinajstić information content (AvgIpc) is 3.15. The van der Waals surface area contributed by atoms with Crippen molar-refractivity contribution in [2.45, 2.75) is 50.6 Å². The van der Waals surface area contributed by atoms with Gasteiger partial charge in [-0.1, -0.05) is 31.2 Å². The van der Waals surface area contributed by atoms with Crippen molar-refractivity contribution in [2.75, 3.05) is 7.11 Å². The third kappa shape index (κ3) is 3.39. The quantitative estimate of drug-likeness (QED) is 0.888. The molecule has 2 aliphatic rings. The van der Waals surface area contributed by atoms with E-state index in [2.05, 4.69) is 22.1 Å². The molecule has 0 spiro atoms. The molecule has 1 aromatic heterocycles. The van der Waals surface area contributed by atoms with Crippen LogP contribution in [0, 0.1) is 5.92 Å². The first-order valence-corrected chi connectivity index (χ1v) is 9.08. The lowest BCUT2D eigenvalue weighted by atomic mass is 10.1. The van der Waals surface area contributed by atoms with Gasteiger partial charge < -0.3 is 19.3 Å². The lowest BCUT2D eigenvalue weighted by Crippen LogP contribution is -2.22. The molecule has 0 amide bonds. The molecule has 1 aromatic carbocycles. The van der Waals surface area contributed by atoms with Crippen molar-refractivity contribution >= 4 is 0 Å². The van der Waals surface area contributed by atoms with Crippen molar-refractivity contribution in [3.05, 3.63) is 47.8 Å². The number of hydrogen-bond donors (Lipinski definition) is 1. The van der Waals surface area contributed by atoms with Crippen LogP contribution in [0.3, 0.4) is 0 Å². The van der Waals surface area contributed by atoms with E-state index in [4.69, 9.17) is 14.2 Å². The Bertz CT molecular complexity index is 759. The number of nitrogens with zero attached hydrogens (tertiary/aromatic N) is 2. The standard InChI is InChI=1S/C20H24N2O4/c1-12-7-14(9-16(12)23)25-18-10-19(22-11-21-18)26-20-15-6-4-3-5-13(15)8-17(20)24-2/h3-6,10-12,14,16-17,20,23H,7-9H2,1-2H3/t12-,14+,16-,17+,20-/m0/s1. The van der Waals surface area contributed by atoms with Crippen molar-refractivity contribution in [3.8, 4) is 11.8 Å². The van der Waals surface area contributed by atoms with E-state index in [1.54, 1.807) is 13.2 Å². The van der Waals surface area contributed by atoms with E-state index >= 15 is 0 Å². The highest BCUT2D eigenvalue weighted by Gasteiger charge is 2.35. The fourth-order valence-electron chi connectivity index (χ4n) is 3.89. The third-order valence-corrected chi connectivity index (χ3v) is 5.37. The molecular weight excluding hydrogens is 332 g/mol. The van der Waals surface area contributed by atoms with Gasteiger partial charge in [-0.15, -0.1) is 0 Å². The Labute approximate surface area is 153 Å². The number of benzene rings is 1. The predicted octanol–water partition coefficient (Wildman–Crippen LogP) is 2.71. The summed E-state index contributed by atoms with van der Waals surface area (Å²) >= 11 is 0. The van der Waals surface area contributed by atoms with Gasteiger partial charge in [0.25, 0.3) is 0 Å². The van der Waals surface area contributed by atoms with E-state index in [1.807, 2.05) is 19.1 Å². The number of aromatic nitrogens is 2. The molecule has 1 fully saturated rings. The van der Waals surface area contributed by atoms with Crippen LogP contribution in [0.25, 0.3) is 0 Å². The second-order valence-electron chi connectivity index (χ2n) is 7.17. The first-order valence-electron chi connectivity index (χ1n) is 9.08. The second kappa shape index (κ2) is 7.21. The summed E-state index contributed by atoms with van der Waals surface area (Å²) in [7, 11) is 1.70. The molecule has 0 aliphatic heterocycles. The minimum absolute atomic E-state index is 0.0262. The van der Waals surface area contributed by atoms with Crippen LogP contribution in [0.4, 0.5) is 0 Å². The van der Waals surface area contributed by atoms with Gasteiger partial charge in [0.2, 0.25) is 11.8 Å². The molecule has 0 saturated heterocycles. The van der Waals surface area contributed by atoms with Gasteiger partial charge in [-0.3, -0.25) is 0 Å². The molecule has 2 aromatic rings. The molecule has 0 bridgehead atoms. The van der Waals surface area contributed by atoms with Crippen molar-refractivity contribution in [1.82, 2.24) is 9.97 Å². The number of aliphatic hydroxyl groups excluding tert-OH is 1. The minimum atomic E-state index is -0.310. The van der Waals surface area contributed by atoms with E-state index < -0.39 is 0 Å². The topological polar surface area (TPSA) is 73.7 Å². The maximum absolute atomic E-state index is 9.89. The highest BCUT2D eigenvalue weighted by molar-refractivity contribution is 5.36. The smallest absolute Gasteiger partial charge is 0.220 e. The zero-order valence-electron chi connectivity index (χ0n) is 15.0. The van der Waals surface area contributed by atoms with Gasteiger partial charge in [-0.05, 0) is 23.5 Å². The molecule has 2 aliphatic carbocycles. The van der Waals surface area contributed by atoms with Crippen LogP contribution in [0.2, 0.25) is 0 Å². The van der Waals surface area contributed by atoms with Crippen molar-refractivity contribution in [3.63, 3.8) is 0 Å². The molecule has 0 radical (unpaired) electrons. The van der Waals surface area contributed by atoms with Crippen LogP contribution in [0.5, 0.6) is 11.8 Å². The Morgan fingerprint density at radius 3 is 2.58 bits per heavy atom. The van der Waals surface area contributed by atoms with Gasteiger partial charge in [0.1, 0.15) is 18.5 Å². The molecule has 5 atom stereocenters. The Kier molecular flexibility index (Phi) is 4.78. The first-order chi connectivity index (χ1) is 12.6. The number of methoxy groups -OCH3 is 1. The molecule has 6 heteroatoms. The average molecular weight is 356 g/mol. The number of hydrogen-bond acceptors (Lipinski definition) is 6. The summed E-state index contributed by atoms with van der Waals surface area (Å²) in [4.78, 5) is 8.42. The zero-order chi connectivity index (χ0) is 18.1. The first kappa shape index (κ1) is 17.2. The van der Waals surface area contributed by atoms with Gasteiger partial charge in [0.15, 0.2) is 6.10 Å². The van der Waals surface area contributed by atoms with Gasteiger partial charge in [0, 0.05) is 20.0 Å². The molecule has 4 rings (SSSR count). The molecule has 1 saturated carbocycles. The zero-order valence-corrected chi connectivity index (χ0v) is 15.0. The largest absolute Gasteiger partial charge is 0.474 e. The Morgan fingerprint density at radius 2 is 1.85 bits per heavy atom. The molecular formula is C20H24N2O4. The molecule has 1 heterocycles. The fourth-order valence-corrected chi connectivity index (χ4v) is 3.89. The Hall–Kier alpha value is -2.18. The van der Waals surface area contributed by atoms with Gasteiger partial charge in [-0.25, -0.2) is 9.97 Å². The fraction of sp³-hybridized carbons (Fsp3) is 0.500. The number of aliphatic hydroxyl groups is 1. The highest BCUT2D eigenvalue weighted by atomic mass is 16.5. The Morgan fingerprint density at radius 1 is 1.08 bits per heavy atom. The summed E-state index contributed by atoms with van der Waals surface area (Å²) < 4.78 is 17.7. The number of ether oxygens (including phenoxy) is 3. The van der Waals surface area contributed by atoms with E-state index in [-0.39, 0.29) is 30.3 Å². The van der Waals surface area contributed by atoms with Gasteiger partial charge in [-0.2, -0.15) is 0 Å². The van der Waals surface area contributed by atoms with Crippen molar-refractivity contribution in [1.29, 1.82) is 0 Å². The third-order valence-electron chi connectivity index (χ3n) is 5.37. The maximum atomic E-state index is 9.89. The summed E-state index contributed by atoms with van der Waals surface area (Å²) in [5.41, 5.74) is 2.37. The van der Waals surface area contributed by atoms with Crippen LogP contribution < -0.4 is 9.47 Å². The summed E-state index contributed by atoms with van der Waals surface area (Å²) in [6.45, 7) is 2.03. The van der Waals surface area contributed by atoms with Crippen LogP contribution in [0.1, 0.15) is 37.0 Å². The second-order valence-corrected chi connectivity index (χ2v) is 7.17. The molecule has 0 unspecified atom stereocenters. The number of rotatable bonds is 5. The molecule has 1 N–H and O–H groups in total. The monoisotopic (exact) mass is 356 g/mol. The van der Waals surface area contributed by atoms with Crippen LogP contribution in [-0.4, -0.2) is 40.5 Å². The van der Waals surface area contributed by atoms with E-state index in [9.17, 15) is 5.11 Å². The normalized spacial score (nSPS) is 30.2. The van der Waals surface area contributed by atoms with E-state index in [1.165, 1.54) is 11.9 Å².